The second-order valence-electron chi connectivity index (χ2n) is 9.63. The Balaban J connectivity index is 1.68. The lowest BCUT2D eigenvalue weighted by Crippen LogP contribution is -2.54. The Kier molecular flexibility index (Phi) is 7.51. The highest BCUT2D eigenvalue weighted by atomic mass is 35.5. The Morgan fingerprint density at radius 3 is 2.44 bits per heavy atom. The number of aromatic nitrogens is 1. The fraction of sp³-hybridized carbons (Fsp3) is 0.481. The van der Waals surface area contributed by atoms with Gasteiger partial charge < -0.3 is 9.88 Å². The van der Waals surface area contributed by atoms with E-state index in [0.29, 0.717) is 11.1 Å². The Hall–Kier alpha value is -1.52. The van der Waals surface area contributed by atoms with Crippen LogP contribution in [0, 0.1) is 0 Å². The lowest BCUT2D eigenvalue weighted by atomic mass is 9.74. The van der Waals surface area contributed by atoms with E-state index in [0.717, 1.165) is 41.9 Å². The summed E-state index contributed by atoms with van der Waals surface area (Å²) in [6, 6.07) is 15.5. The molecule has 1 aliphatic rings. The zero-order valence-corrected chi connectivity index (χ0v) is 21.0. The van der Waals surface area contributed by atoms with E-state index in [1.807, 2.05) is 12.1 Å². The van der Waals surface area contributed by atoms with Gasteiger partial charge in [0, 0.05) is 40.2 Å². The fourth-order valence-electron chi connectivity index (χ4n) is 5.57. The van der Waals surface area contributed by atoms with Gasteiger partial charge in [0.05, 0.1) is 5.02 Å². The number of hydrogen-bond acceptors (Lipinski definition) is 2. The molecule has 3 nitrogen and oxygen atoms in total. The zero-order valence-electron chi connectivity index (χ0n) is 19.5. The van der Waals surface area contributed by atoms with E-state index in [9.17, 15) is 0 Å². The van der Waals surface area contributed by atoms with Gasteiger partial charge in [0.1, 0.15) is 0 Å². The van der Waals surface area contributed by atoms with Crippen molar-refractivity contribution in [2.24, 2.45) is 0 Å². The first kappa shape index (κ1) is 23.6. The molecule has 0 bridgehead atoms. The van der Waals surface area contributed by atoms with E-state index >= 15 is 0 Å². The third-order valence-corrected chi connectivity index (χ3v) is 7.81. The number of benzene rings is 2. The standard InChI is InChI=1S/C27H35Cl2N3/c1-4-14-32(19-21-18-30-25-16-22(28)15-24(29)26(21)25)27(17-20-8-6-5-7-9-20)12-10-23(11-13-27)31(2)3/h5-9,15-16,18,23,30H,4,10-14,17,19H2,1-3H3. The van der Waals surface area contributed by atoms with Gasteiger partial charge in [-0.05, 0) is 82.4 Å². The minimum absolute atomic E-state index is 0.159. The van der Waals surface area contributed by atoms with Crippen LogP contribution in [-0.2, 0) is 13.0 Å². The molecule has 0 aliphatic heterocycles. The number of halogens is 2. The predicted molar refractivity (Wildman–Crippen MR) is 138 cm³/mol. The molecule has 172 valence electrons. The van der Waals surface area contributed by atoms with Gasteiger partial charge in [-0.3, -0.25) is 4.90 Å². The van der Waals surface area contributed by atoms with Gasteiger partial charge in [-0.15, -0.1) is 0 Å². The third-order valence-electron chi connectivity index (χ3n) is 7.30. The fourth-order valence-corrected chi connectivity index (χ4v) is 6.19. The SMILES string of the molecule is CCCN(Cc1c[nH]c2cc(Cl)cc(Cl)c12)C1(Cc2ccccc2)CCC(N(C)C)CC1. The van der Waals surface area contributed by atoms with E-state index in [1.165, 1.54) is 36.8 Å². The molecule has 0 saturated heterocycles. The molecule has 0 radical (unpaired) electrons. The molecule has 1 N–H and O–H groups in total. The van der Waals surface area contributed by atoms with Gasteiger partial charge in [0.2, 0.25) is 0 Å². The molecule has 1 saturated carbocycles. The van der Waals surface area contributed by atoms with Gasteiger partial charge in [-0.25, -0.2) is 0 Å². The van der Waals surface area contributed by atoms with Crippen LogP contribution in [0.1, 0.15) is 50.2 Å². The smallest absolute Gasteiger partial charge is 0.0517 e. The maximum absolute atomic E-state index is 6.65. The summed E-state index contributed by atoms with van der Waals surface area (Å²) in [5.74, 6) is 0. The first-order valence-corrected chi connectivity index (χ1v) is 12.6. The Morgan fingerprint density at radius 1 is 1.06 bits per heavy atom. The molecule has 5 heteroatoms. The lowest BCUT2D eigenvalue weighted by molar-refractivity contribution is 0.0218. The Bertz CT molecular complexity index is 1020. The molecule has 32 heavy (non-hydrogen) atoms. The lowest BCUT2D eigenvalue weighted by Gasteiger charge is -2.49. The highest BCUT2D eigenvalue weighted by molar-refractivity contribution is 6.38. The molecule has 2 aromatic carbocycles. The number of nitrogens with one attached hydrogen (secondary N) is 1. The van der Waals surface area contributed by atoms with Crippen molar-refractivity contribution in [3.05, 3.63) is 69.8 Å². The van der Waals surface area contributed by atoms with E-state index in [1.54, 1.807) is 0 Å². The Labute approximate surface area is 202 Å². The van der Waals surface area contributed by atoms with Crippen molar-refractivity contribution in [2.45, 2.75) is 63.6 Å². The van der Waals surface area contributed by atoms with Crippen LogP contribution in [-0.4, -0.2) is 47.0 Å². The summed E-state index contributed by atoms with van der Waals surface area (Å²) < 4.78 is 0. The quantitative estimate of drug-likeness (QED) is 0.375. The van der Waals surface area contributed by atoms with Crippen molar-refractivity contribution in [2.75, 3.05) is 20.6 Å². The molecular weight excluding hydrogens is 437 g/mol. The topological polar surface area (TPSA) is 22.3 Å². The second-order valence-corrected chi connectivity index (χ2v) is 10.5. The van der Waals surface area contributed by atoms with Crippen molar-refractivity contribution >= 4 is 34.1 Å². The maximum Gasteiger partial charge on any atom is 0.0517 e. The van der Waals surface area contributed by atoms with Crippen molar-refractivity contribution in [1.82, 2.24) is 14.8 Å². The summed E-state index contributed by atoms with van der Waals surface area (Å²) in [4.78, 5) is 8.55. The summed E-state index contributed by atoms with van der Waals surface area (Å²) >= 11 is 12.9. The largest absolute Gasteiger partial charge is 0.361 e. The minimum atomic E-state index is 0.159. The molecule has 1 aromatic heterocycles. The van der Waals surface area contributed by atoms with Gasteiger partial charge in [-0.2, -0.15) is 0 Å². The van der Waals surface area contributed by atoms with Crippen LogP contribution in [0.25, 0.3) is 10.9 Å². The van der Waals surface area contributed by atoms with Crippen LogP contribution in [0.5, 0.6) is 0 Å². The number of nitrogens with zero attached hydrogens (tertiary/aromatic N) is 2. The number of fused-ring (bicyclic) bond motifs is 1. The molecule has 4 rings (SSSR count). The van der Waals surface area contributed by atoms with Crippen LogP contribution < -0.4 is 0 Å². The van der Waals surface area contributed by atoms with Crippen LogP contribution in [0.2, 0.25) is 10.0 Å². The summed E-state index contributed by atoms with van der Waals surface area (Å²) in [7, 11) is 4.44. The molecular formula is C27H35Cl2N3. The van der Waals surface area contributed by atoms with Crippen LogP contribution >= 0.6 is 23.2 Å². The third kappa shape index (κ3) is 5.02. The van der Waals surface area contributed by atoms with Crippen LogP contribution in [0.4, 0.5) is 0 Å². The minimum Gasteiger partial charge on any atom is -0.361 e. The van der Waals surface area contributed by atoms with E-state index in [-0.39, 0.29) is 5.54 Å². The first-order valence-electron chi connectivity index (χ1n) is 11.8. The van der Waals surface area contributed by atoms with E-state index in [2.05, 4.69) is 72.3 Å². The zero-order chi connectivity index (χ0) is 22.7. The van der Waals surface area contributed by atoms with Crippen molar-refractivity contribution in [3.8, 4) is 0 Å². The summed E-state index contributed by atoms with van der Waals surface area (Å²) in [6.45, 7) is 4.27. The molecule has 1 heterocycles. The first-order chi connectivity index (χ1) is 15.4. The maximum atomic E-state index is 6.65. The van der Waals surface area contributed by atoms with Crippen LogP contribution in [0.15, 0.2) is 48.7 Å². The molecule has 1 aliphatic carbocycles. The Morgan fingerprint density at radius 2 is 1.78 bits per heavy atom. The molecule has 3 aromatic rings. The predicted octanol–water partition coefficient (Wildman–Crippen LogP) is 7.17. The highest BCUT2D eigenvalue weighted by Gasteiger charge is 2.40. The van der Waals surface area contributed by atoms with E-state index < -0.39 is 0 Å². The molecule has 0 atom stereocenters. The molecule has 0 spiro atoms. The van der Waals surface area contributed by atoms with Gasteiger partial charge >= 0.3 is 0 Å². The van der Waals surface area contributed by atoms with Gasteiger partial charge in [0.25, 0.3) is 0 Å². The van der Waals surface area contributed by atoms with Crippen LogP contribution in [0.3, 0.4) is 0 Å². The summed E-state index contributed by atoms with van der Waals surface area (Å²) in [5.41, 5.74) is 3.87. The normalized spacial score (nSPS) is 21.7. The average molecular weight is 473 g/mol. The summed E-state index contributed by atoms with van der Waals surface area (Å²) in [5, 5.41) is 2.51. The number of H-pyrrole nitrogens is 1. The molecule has 1 fully saturated rings. The number of aromatic amines is 1. The number of hydrogen-bond donors (Lipinski definition) is 1. The second kappa shape index (κ2) is 10.2. The van der Waals surface area contributed by atoms with E-state index in [4.69, 9.17) is 23.2 Å². The average Bonchev–Trinajstić information content (AvgIpc) is 3.17. The van der Waals surface area contributed by atoms with Gasteiger partial charge in [0.15, 0.2) is 0 Å². The summed E-state index contributed by atoms with van der Waals surface area (Å²) in [6.07, 6.45) is 9.26. The van der Waals surface area contributed by atoms with Crippen molar-refractivity contribution < 1.29 is 0 Å². The van der Waals surface area contributed by atoms with Crippen molar-refractivity contribution in [1.29, 1.82) is 0 Å². The number of rotatable bonds is 8. The van der Waals surface area contributed by atoms with Crippen molar-refractivity contribution in [3.63, 3.8) is 0 Å². The molecule has 0 unspecified atom stereocenters. The van der Waals surface area contributed by atoms with Gasteiger partial charge in [-0.1, -0.05) is 60.5 Å². The monoisotopic (exact) mass is 471 g/mol. The highest BCUT2D eigenvalue weighted by Crippen LogP contribution is 2.40. The molecule has 0 amide bonds.